The standard InChI is InChI=1S/C13H15BrO3/c1-17-13(16)11-6-4-5-10(9-11)12(15)7-2-3-8-14/h4-6,9H,2-3,7-8H2,1H3. The normalized spacial score (nSPS) is 10.0. The molecule has 3 nitrogen and oxygen atoms in total. The van der Waals surface area contributed by atoms with Crippen LogP contribution in [0.4, 0.5) is 0 Å². The Hall–Kier alpha value is -1.16. The van der Waals surface area contributed by atoms with Gasteiger partial charge in [0.15, 0.2) is 5.78 Å². The van der Waals surface area contributed by atoms with Gasteiger partial charge in [-0.05, 0) is 25.0 Å². The van der Waals surface area contributed by atoms with Crippen molar-refractivity contribution in [2.24, 2.45) is 0 Å². The second-order valence-electron chi connectivity index (χ2n) is 3.64. The van der Waals surface area contributed by atoms with Crippen LogP contribution < -0.4 is 0 Å². The summed E-state index contributed by atoms with van der Waals surface area (Å²) in [7, 11) is 1.33. The number of ether oxygens (including phenoxy) is 1. The second-order valence-corrected chi connectivity index (χ2v) is 4.43. The molecule has 0 heterocycles. The monoisotopic (exact) mass is 298 g/mol. The molecule has 0 amide bonds. The summed E-state index contributed by atoms with van der Waals surface area (Å²) in [5.41, 5.74) is 0.987. The predicted molar refractivity (Wildman–Crippen MR) is 69.8 cm³/mol. The lowest BCUT2D eigenvalue weighted by molar-refractivity contribution is 0.0600. The van der Waals surface area contributed by atoms with Gasteiger partial charge in [0, 0.05) is 17.3 Å². The zero-order valence-corrected chi connectivity index (χ0v) is 11.3. The lowest BCUT2D eigenvalue weighted by Crippen LogP contribution is -2.05. The summed E-state index contributed by atoms with van der Waals surface area (Å²) in [6.07, 6.45) is 2.34. The number of carbonyl (C=O) groups excluding carboxylic acids is 2. The van der Waals surface area contributed by atoms with Crippen molar-refractivity contribution in [3.63, 3.8) is 0 Å². The summed E-state index contributed by atoms with van der Waals surface area (Å²) >= 11 is 3.32. The van der Waals surface area contributed by atoms with E-state index in [0.29, 0.717) is 17.5 Å². The molecular formula is C13H15BrO3. The molecule has 17 heavy (non-hydrogen) atoms. The number of rotatable bonds is 6. The van der Waals surface area contributed by atoms with Crippen LogP contribution in [-0.4, -0.2) is 24.2 Å². The van der Waals surface area contributed by atoms with Crippen molar-refractivity contribution in [3.05, 3.63) is 35.4 Å². The fourth-order valence-corrected chi connectivity index (χ4v) is 1.86. The molecule has 0 atom stereocenters. The van der Waals surface area contributed by atoms with Crippen LogP contribution in [0.5, 0.6) is 0 Å². The molecule has 0 saturated heterocycles. The Labute approximate surface area is 109 Å². The van der Waals surface area contributed by atoms with Gasteiger partial charge in [-0.1, -0.05) is 28.1 Å². The summed E-state index contributed by atoms with van der Waals surface area (Å²) < 4.78 is 4.61. The zero-order chi connectivity index (χ0) is 12.7. The Balaban J connectivity index is 2.70. The quantitative estimate of drug-likeness (QED) is 0.350. The van der Waals surface area contributed by atoms with Crippen LogP contribution in [0.3, 0.4) is 0 Å². The third kappa shape index (κ3) is 4.30. The summed E-state index contributed by atoms with van der Waals surface area (Å²) in [5, 5.41) is 0.905. The van der Waals surface area contributed by atoms with E-state index in [2.05, 4.69) is 20.7 Å². The fraction of sp³-hybridized carbons (Fsp3) is 0.385. The highest BCUT2D eigenvalue weighted by molar-refractivity contribution is 9.09. The minimum Gasteiger partial charge on any atom is -0.465 e. The molecule has 0 aromatic heterocycles. The number of methoxy groups -OCH3 is 1. The molecule has 0 spiro atoms. The molecule has 1 rings (SSSR count). The number of unbranched alkanes of at least 4 members (excludes halogenated alkanes) is 1. The maximum atomic E-state index is 11.8. The van der Waals surface area contributed by atoms with Crippen molar-refractivity contribution in [2.45, 2.75) is 19.3 Å². The molecule has 0 unspecified atom stereocenters. The van der Waals surface area contributed by atoms with Crippen molar-refractivity contribution in [3.8, 4) is 0 Å². The average molecular weight is 299 g/mol. The number of hydrogen-bond acceptors (Lipinski definition) is 3. The van der Waals surface area contributed by atoms with Gasteiger partial charge in [0.05, 0.1) is 12.7 Å². The van der Waals surface area contributed by atoms with Crippen molar-refractivity contribution < 1.29 is 14.3 Å². The molecule has 0 N–H and O–H groups in total. The number of hydrogen-bond donors (Lipinski definition) is 0. The summed E-state index contributed by atoms with van der Waals surface area (Å²) in [6.45, 7) is 0. The van der Waals surface area contributed by atoms with Gasteiger partial charge in [-0.2, -0.15) is 0 Å². The molecular weight excluding hydrogens is 284 g/mol. The summed E-state index contributed by atoms with van der Waals surface area (Å²) in [6, 6.07) is 6.65. The van der Waals surface area contributed by atoms with Gasteiger partial charge in [-0.3, -0.25) is 4.79 Å². The van der Waals surface area contributed by atoms with Gasteiger partial charge in [-0.25, -0.2) is 4.79 Å². The van der Waals surface area contributed by atoms with Crippen LogP contribution in [0.25, 0.3) is 0 Å². The van der Waals surface area contributed by atoms with Crippen molar-refractivity contribution >= 4 is 27.7 Å². The lowest BCUT2D eigenvalue weighted by atomic mass is 10.0. The Morgan fingerprint density at radius 2 is 1.94 bits per heavy atom. The van der Waals surface area contributed by atoms with E-state index in [1.807, 2.05) is 0 Å². The third-order valence-electron chi connectivity index (χ3n) is 2.39. The Morgan fingerprint density at radius 1 is 1.24 bits per heavy atom. The van der Waals surface area contributed by atoms with E-state index in [4.69, 9.17) is 0 Å². The maximum absolute atomic E-state index is 11.8. The molecule has 4 heteroatoms. The minimum atomic E-state index is -0.417. The smallest absolute Gasteiger partial charge is 0.337 e. The third-order valence-corrected chi connectivity index (χ3v) is 2.95. The zero-order valence-electron chi connectivity index (χ0n) is 9.74. The fourth-order valence-electron chi connectivity index (χ4n) is 1.46. The van der Waals surface area contributed by atoms with Gasteiger partial charge < -0.3 is 4.74 Å². The largest absolute Gasteiger partial charge is 0.465 e. The molecule has 0 aliphatic carbocycles. The predicted octanol–water partition coefficient (Wildman–Crippen LogP) is 3.22. The van der Waals surface area contributed by atoms with Crippen molar-refractivity contribution in [1.82, 2.24) is 0 Å². The molecule has 92 valence electrons. The Morgan fingerprint density at radius 3 is 2.59 bits per heavy atom. The highest BCUT2D eigenvalue weighted by Gasteiger charge is 2.10. The summed E-state index contributed by atoms with van der Waals surface area (Å²) in [4.78, 5) is 23.1. The van der Waals surface area contributed by atoms with Crippen LogP contribution in [-0.2, 0) is 4.74 Å². The lowest BCUT2D eigenvalue weighted by Gasteiger charge is -2.03. The second kappa shape index (κ2) is 7.22. The van der Waals surface area contributed by atoms with Crippen LogP contribution >= 0.6 is 15.9 Å². The van der Waals surface area contributed by atoms with Crippen molar-refractivity contribution in [1.29, 1.82) is 0 Å². The average Bonchev–Trinajstić information content (AvgIpc) is 2.38. The van der Waals surface area contributed by atoms with E-state index < -0.39 is 5.97 Å². The number of halogens is 1. The highest BCUT2D eigenvalue weighted by Crippen LogP contribution is 2.11. The Bertz CT molecular complexity index is 401. The number of ketones is 1. The number of alkyl halides is 1. The molecule has 1 aromatic rings. The van der Waals surface area contributed by atoms with E-state index in [0.717, 1.165) is 18.2 Å². The SMILES string of the molecule is COC(=O)c1cccc(C(=O)CCCCBr)c1. The van der Waals surface area contributed by atoms with Crippen molar-refractivity contribution in [2.75, 3.05) is 12.4 Å². The van der Waals surface area contributed by atoms with Gasteiger partial charge in [0.2, 0.25) is 0 Å². The Kier molecular flexibility index (Phi) is 5.91. The molecule has 1 aromatic carbocycles. The van der Waals surface area contributed by atoms with E-state index in [1.165, 1.54) is 7.11 Å². The van der Waals surface area contributed by atoms with Crippen LogP contribution in [0.1, 0.15) is 40.0 Å². The molecule has 0 fully saturated rings. The van der Waals surface area contributed by atoms with Crippen LogP contribution in [0, 0.1) is 0 Å². The first-order valence-electron chi connectivity index (χ1n) is 5.46. The van der Waals surface area contributed by atoms with Gasteiger partial charge in [0.1, 0.15) is 0 Å². The van der Waals surface area contributed by atoms with Crippen LogP contribution in [0.15, 0.2) is 24.3 Å². The van der Waals surface area contributed by atoms with E-state index >= 15 is 0 Å². The van der Waals surface area contributed by atoms with E-state index in [9.17, 15) is 9.59 Å². The topological polar surface area (TPSA) is 43.4 Å². The van der Waals surface area contributed by atoms with Gasteiger partial charge >= 0.3 is 5.97 Å². The first-order valence-corrected chi connectivity index (χ1v) is 6.58. The number of Topliss-reactive ketones (excluding diaryl/α,β-unsaturated/α-hetero) is 1. The molecule has 0 saturated carbocycles. The van der Waals surface area contributed by atoms with Gasteiger partial charge in [-0.15, -0.1) is 0 Å². The first-order chi connectivity index (χ1) is 8.19. The minimum absolute atomic E-state index is 0.0664. The molecule has 0 aliphatic heterocycles. The number of benzene rings is 1. The molecule has 0 bridgehead atoms. The maximum Gasteiger partial charge on any atom is 0.337 e. The van der Waals surface area contributed by atoms with E-state index in [-0.39, 0.29) is 5.78 Å². The van der Waals surface area contributed by atoms with E-state index in [1.54, 1.807) is 24.3 Å². The number of carbonyl (C=O) groups is 2. The highest BCUT2D eigenvalue weighted by atomic mass is 79.9. The molecule has 0 aliphatic rings. The van der Waals surface area contributed by atoms with Gasteiger partial charge in [0.25, 0.3) is 0 Å². The first kappa shape index (κ1) is 13.9. The number of esters is 1. The molecule has 0 radical (unpaired) electrons. The van der Waals surface area contributed by atoms with Crippen LogP contribution in [0.2, 0.25) is 0 Å². The summed E-state index contributed by atoms with van der Waals surface area (Å²) in [5.74, 6) is -0.350.